The fourth-order valence-electron chi connectivity index (χ4n) is 10.5. The van der Waals surface area contributed by atoms with E-state index in [2.05, 4.69) is 25.5 Å². The highest BCUT2D eigenvalue weighted by Crippen LogP contribution is 2.49. The molecule has 4 aromatic carbocycles. The molecule has 0 bridgehead atoms. The number of ether oxygens (including phenoxy) is 3. The van der Waals surface area contributed by atoms with Crippen molar-refractivity contribution in [2.75, 3.05) is 81.4 Å². The summed E-state index contributed by atoms with van der Waals surface area (Å²) in [5.74, 6) is -0.613. The molecule has 5 heterocycles. The maximum absolute atomic E-state index is 14.6. The van der Waals surface area contributed by atoms with Gasteiger partial charge in [0.25, 0.3) is 11.8 Å². The highest BCUT2D eigenvalue weighted by Gasteiger charge is 2.37. The molecule has 2 aliphatic heterocycles. The number of hydrogen-bond acceptors (Lipinski definition) is 13. The van der Waals surface area contributed by atoms with E-state index >= 15 is 0 Å². The van der Waals surface area contributed by atoms with Gasteiger partial charge in [0.15, 0.2) is 5.75 Å². The summed E-state index contributed by atoms with van der Waals surface area (Å²) in [6.45, 7) is 10.3. The summed E-state index contributed by atoms with van der Waals surface area (Å²) in [4.78, 5) is 92.5. The number of aromatic amines is 2. The van der Waals surface area contributed by atoms with Crippen LogP contribution in [0.5, 0.6) is 11.5 Å². The molecule has 422 valence electrons. The lowest BCUT2D eigenvalue weighted by Crippen LogP contribution is -2.44. The van der Waals surface area contributed by atoms with Crippen LogP contribution in [-0.2, 0) is 20.9 Å². The summed E-state index contributed by atoms with van der Waals surface area (Å²) in [7, 11) is 3.24. The topological polar surface area (TPSA) is 277 Å². The van der Waals surface area contributed by atoms with E-state index in [0.717, 1.165) is 62.9 Å². The van der Waals surface area contributed by atoms with Gasteiger partial charge in [0.2, 0.25) is 11.8 Å². The predicted octanol–water partition coefficient (Wildman–Crippen LogP) is 8.47. The first-order chi connectivity index (χ1) is 38.2. The fourth-order valence-corrected chi connectivity index (χ4v) is 11.8. The molecule has 1 unspecified atom stereocenters. The molecule has 6 amide bonds. The van der Waals surface area contributed by atoms with Crippen LogP contribution in [0.25, 0.3) is 31.9 Å². The van der Waals surface area contributed by atoms with Crippen molar-refractivity contribution in [3.63, 3.8) is 0 Å². The van der Waals surface area contributed by atoms with Crippen molar-refractivity contribution < 1.29 is 43.0 Å². The van der Waals surface area contributed by atoms with Crippen molar-refractivity contribution in [3.8, 4) is 11.5 Å². The summed E-state index contributed by atoms with van der Waals surface area (Å²) in [6.07, 6.45) is 1.62. The minimum atomic E-state index is -0.891. The Labute approximate surface area is 472 Å². The number of nitrogens with two attached hydrogens (primary N) is 3. The summed E-state index contributed by atoms with van der Waals surface area (Å²) < 4.78 is 18.6. The van der Waals surface area contributed by atoms with Crippen LogP contribution >= 0.6 is 22.9 Å². The summed E-state index contributed by atoms with van der Waals surface area (Å²) in [6, 6.07) is 21.4. The van der Waals surface area contributed by atoms with Crippen molar-refractivity contribution >= 4 is 108 Å². The standard InChI is InChI=1S/C58H68ClN11O9S/c1-33-30-80-51-48(79-57(76)68(5)32-58(2,3)31-67(4)56(75)78-29-34-8-10-38(11-9-34)63-53(72)42(61)15-14-41(60)52(62)71)26-47-50(49(33)51)37(27-59)28-70(47)55(74)46-25-35-22-39(12-16-43(35)66-46)64-54(73)45-24-36-23-40(13-17-44(36)65-45)77-21-20-69-18-6-7-19-69/h8-13,16-17,22-26,30,37,41-42,65-66H,6-7,14-15,18-21,27-29,31-32,60-61H2,1-5H3,(H2,62,71)(H,63,72)(H,64,73)/t37-,41?,42-/m0/s1. The molecular weight excluding hydrogens is 1060 g/mol. The van der Waals surface area contributed by atoms with E-state index < -0.39 is 41.5 Å². The molecule has 0 saturated carbocycles. The second-order valence-corrected chi connectivity index (χ2v) is 22.8. The lowest BCUT2D eigenvalue weighted by Gasteiger charge is -2.33. The van der Waals surface area contributed by atoms with Gasteiger partial charge in [0.1, 0.15) is 30.4 Å². The molecule has 0 radical (unpaired) electrons. The van der Waals surface area contributed by atoms with E-state index in [0.29, 0.717) is 58.4 Å². The third-order valence-corrected chi connectivity index (χ3v) is 16.1. The van der Waals surface area contributed by atoms with Gasteiger partial charge >= 0.3 is 12.2 Å². The average Bonchev–Trinajstić information content (AvgIpc) is 4.42. The smallest absolute Gasteiger partial charge is 0.415 e. The first-order valence-electron chi connectivity index (χ1n) is 26.6. The maximum atomic E-state index is 14.6. The monoisotopic (exact) mass is 1130 g/mol. The van der Waals surface area contributed by atoms with Crippen LogP contribution < -0.4 is 42.2 Å². The SMILES string of the molecule is Cc1csc2c(OC(=O)N(C)CC(C)(C)CN(C)C(=O)OCc3ccc(NC(=O)[C@@H](N)CCC(N)C(N)=O)cc3)cc3c(c12)[C@@H](CCl)CN3C(=O)c1cc2cc(NC(=O)c3cc4cc(OCCN5CCCC5)ccc4[nH]3)ccc2[nH]1. The number of amides is 6. The van der Waals surface area contributed by atoms with E-state index in [1.807, 2.05) is 56.5 Å². The number of H-pyrrole nitrogens is 2. The Kier molecular flexibility index (Phi) is 17.4. The number of aryl methyl sites for hydroxylation is 1. The number of thiophene rings is 1. The van der Waals surface area contributed by atoms with Crippen molar-refractivity contribution in [1.29, 1.82) is 0 Å². The minimum absolute atomic E-state index is 0.0326. The van der Waals surface area contributed by atoms with Crippen LogP contribution in [0.2, 0.25) is 0 Å². The highest BCUT2D eigenvalue weighted by atomic mass is 35.5. The zero-order valence-electron chi connectivity index (χ0n) is 45.5. The zero-order chi connectivity index (χ0) is 57.0. The number of fused-ring (bicyclic) bond motifs is 5. The summed E-state index contributed by atoms with van der Waals surface area (Å²) >= 11 is 8.09. The van der Waals surface area contributed by atoms with Gasteiger partial charge in [-0.1, -0.05) is 26.0 Å². The number of nitrogens with one attached hydrogen (secondary N) is 4. The number of halogens is 1. The summed E-state index contributed by atoms with van der Waals surface area (Å²) in [5, 5.41) is 10.2. The minimum Gasteiger partial charge on any atom is -0.492 e. The molecule has 9 rings (SSSR count). The van der Waals surface area contributed by atoms with Crippen LogP contribution in [0.1, 0.15) is 83.1 Å². The van der Waals surface area contributed by atoms with Crippen molar-refractivity contribution in [2.24, 2.45) is 22.6 Å². The van der Waals surface area contributed by atoms with E-state index in [1.165, 1.54) is 34.0 Å². The maximum Gasteiger partial charge on any atom is 0.415 e. The molecule has 0 aliphatic carbocycles. The number of aromatic nitrogens is 2. The second kappa shape index (κ2) is 24.4. The Bertz CT molecular complexity index is 3460. The number of benzene rings is 4. The zero-order valence-corrected chi connectivity index (χ0v) is 47.1. The predicted molar refractivity (Wildman–Crippen MR) is 312 cm³/mol. The van der Waals surface area contributed by atoms with E-state index in [4.69, 9.17) is 43.0 Å². The Balaban J connectivity index is 0.807. The second-order valence-electron chi connectivity index (χ2n) is 21.6. The molecule has 80 heavy (non-hydrogen) atoms. The Morgan fingerprint density at radius 2 is 1.48 bits per heavy atom. The van der Waals surface area contributed by atoms with Crippen LogP contribution in [0.4, 0.5) is 26.7 Å². The molecule has 1 saturated heterocycles. The third-order valence-electron chi connectivity index (χ3n) is 14.6. The van der Waals surface area contributed by atoms with Crippen LogP contribution in [0.3, 0.4) is 0 Å². The first-order valence-corrected chi connectivity index (χ1v) is 28.0. The normalized spacial score (nSPS) is 15.2. The lowest BCUT2D eigenvalue weighted by molar-refractivity contribution is -0.120. The van der Waals surface area contributed by atoms with Gasteiger partial charge in [-0.3, -0.25) is 24.1 Å². The number of hydrogen-bond donors (Lipinski definition) is 7. The highest BCUT2D eigenvalue weighted by molar-refractivity contribution is 7.17. The first kappa shape index (κ1) is 57.0. The molecule has 20 nitrogen and oxygen atoms in total. The fraction of sp³-hybridized carbons (Fsp3) is 0.379. The largest absolute Gasteiger partial charge is 0.492 e. The van der Waals surface area contributed by atoms with Gasteiger partial charge in [-0.25, -0.2) is 9.59 Å². The Hall–Kier alpha value is -7.69. The van der Waals surface area contributed by atoms with E-state index in [1.54, 1.807) is 67.5 Å². The lowest BCUT2D eigenvalue weighted by atomic mass is 9.92. The van der Waals surface area contributed by atoms with Gasteiger partial charge in [0, 0.05) is 102 Å². The number of likely N-dealkylation sites (tertiary alicyclic amines) is 1. The Morgan fingerprint density at radius 3 is 2.19 bits per heavy atom. The quantitative estimate of drug-likeness (QED) is 0.0334. The molecule has 0 spiro atoms. The molecule has 22 heteroatoms. The third kappa shape index (κ3) is 13.1. The molecule has 7 aromatic rings. The molecule has 3 aromatic heterocycles. The average molecular weight is 1130 g/mol. The number of alkyl halides is 1. The van der Waals surface area contributed by atoms with E-state index in [-0.39, 0.29) is 56.2 Å². The number of nitrogens with zero attached hydrogens (tertiary/aromatic N) is 4. The van der Waals surface area contributed by atoms with Gasteiger partial charge < -0.3 is 66.7 Å². The van der Waals surface area contributed by atoms with E-state index in [9.17, 15) is 28.8 Å². The molecule has 2 aliphatic rings. The number of anilines is 3. The molecular formula is C58H68ClN11O9S. The number of carbonyl (C=O) groups excluding carboxylic acids is 6. The summed E-state index contributed by atoms with van der Waals surface area (Å²) in [5.41, 5.74) is 22.6. The van der Waals surface area contributed by atoms with Gasteiger partial charge in [-0.05, 0) is 128 Å². The Morgan fingerprint density at radius 1 is 0.825 bits per heavy atom. The number of primary amides is 1. The van der Waals surface area contributed by atoms with Gasteiger partial charge in [-0.2, -0.15) is 0 Å². The molecule has 3 atom stereocenters. The van der Waals surface area contributed by atoms with Crippen LogP contribution in [0, 0.1) is 12.3 Å². The van der Waals surface area contributed by atoms with Crippen molar-refractivity contribution in [1.82, 2.24) is 24.7 Å². The molecule has 10 N–H and O–H groups in total. The molecule has 1 fully saturated rings. The van der Waals surface area contributed by atoms with Gasteiger partial charge in [0.05, 0.1) is 22.5 Å². The van der Waals surface area contributed by atoms with Crippen LogP contribution in [-0.4, -0.2) is 138 Å². The number of carbonyl (C=O) groups is 6. The van der Waals surface area contributed by atoms with Crippen molar-refractivity contribution in [2.45, 2.75) is 71.1 Å². The van der Waals surface area contributed by atoms with Crippen molar-refractivity contribution in [3.05, 3.63) is 112 Å². The number of rotatable bonds is 21. The van der Waals surface area contributed by atoms with Gasteiger partial charge in [-0.15, -0.1) is 22.9 Å². The van der Waals surface area contributed by atoms with Crippen LogP contribution in [0.15, 0.2) is 84.2 Å².